The van der Waals surface area contributed by atoms with Gasteiger partial charge in [-0.3, -0.25) is 0 Å². The molecular weight excluding hydrogens is 186 g/mol. The maximum atomic E-state index is 8.76. The summed E-state index contributed by atoms with van der Waals surface area (Å²) < 4.78 is 0. The summed E-state index contributed by atoms with van der Waals surface area (Å²) in [7, 11) is 0. The number of aliphatic hydroxyl groups excluding tert-OH is 1. The highest BCUT2D eigenvalue weighted by molar-refractivity contribution is 5.05. The van der Waals surface area contributed by atoms with E-state index in [-0.39, 0.29) is 6.61 Å². The molecule has 0 saturated heterocycles. The van der Waals surface area contributed by atoms with Crippen LogP contribution in [0.2, 0.25) is 0 Å². The van der Waals surface area contributed by atoms with Gasteiger partial charge in [0.15, 0.2) is 0 Å². The molecule has 88 valence electrons. The lowest BCUT2D eigenvalue weighted by Crippen LogP contribution is -2.57. The van der Waals surface area contributed by atoms with E-state index in [0.29, 0.717) is 5.41 Å². The van der Waals surface area contributed by atoms with Crippen molar-refractivity contribution < 1.29 is 5.11 Å². The van der Waals surface area contributed by atoms with Gasteiger partial charge in [-0.1, -0.05) is 20.8 Å². The van der Waals surface area contributed by atoms with Crippen molar-refractivity contribution in [2.45, 2.75) is 33.6 Å². The van der Waals surface area contributed by atoms with Crippen molar-refractivity contribution in [1.82, 2.24) is 5.32 Å². The van der Waals surface area contributed by atoms with Crippen LogP contribution >= 0.6 is 0 Å². The summed E-state index contributed by atoms with van der Waals surface area (Å²) in [4.78, 5) is 0. The van der Waals surface area contributed by atoms with Crippen LogP contribution in [0, 0.1) is 29.1 Å². The second-order valence-corrected chi connectivity index (χ2v) is 6.17. The van der Waals surface area contributed by atoms with Crippen LogP contribution in [0.5, 0.6) is 0 Å². The lowest BCUT2D eigenvalue weighted by Gasteiger charge is -2.63. The number of nitrogens with one attached hydrogen (secondary N) is 1. The standard InChI is InChI=1S/C13H25NO/c1-9-6-10(8-14-4-5-15)12-7-11(9)13(12,2)3/h9-12,14-15H,4-8H2,1-3H3/t9-,10?,11-,12+/m1/s1. The molecule has 0 aromatic heterocycles. The minimum atomic E-state index is 0.263. The molecule has 0 aliphatic heterocycles. The predicted octanol–water partition coefficient (Wildman–Crippen LogP) is 1.89. The Morgan fingerprint density at radius 2 is 2.00 bits per heavy atom. The highest BCUT2D eigenvalue weighted by atomic mass is 16.3. The van der Waals surface area contributed by atoms with Crippen molar-refractivity contribution in [2.24, 2.45) is 29.1 Å². The van der Waals surface area contributed by atoms with Crippen molar-refractivity contribution in [3.8, 4) is 0 Å². The van der Waals surface area contributed by atoms with E-state index in [0.717, 1.165) is 36.8 Å². The zero-order valence-corrected chi connectivity index (χ0v) is 10.3. The van der Waals surface area contributed by atoms with Crippen LogP contribution in [0.15, 0.2) is 0 Å². The normalized spacial score (nSPS) is 42.4. The minimum Gasteiger partial charge on any atom is -0.395 e. The summed E-state index contributed by atoms with van der Waals surface area (Å²) in [5.74, 6) is 3.62. The predicted molar refractivity (Wildman–Crippen MR) is 62.6 cm³/mol. The van der Waals surface area contributed by atoms with Crippen LogP contribution in [-0.2, 0) is 0 Å². The molecular formula is C13H25NO. The van der Waals surface area contributed by atoms with Gasteiger partial charge < -0.3 is 10.4 Å². The van der Waals surface area contributed by atoms with Gasteiger partial charge in [0.1, 0.15) is 0 Å². The molecule has 2 heteroatoms. The molecule has 4 atom stereocenters. The molecule has 0 amide bonds. The van der Waals surface area contributed by atoms with Crippen molar-refractivity contribution in [3.63, 3.8) is 0 Å². The third kappa shape index (κ3) is 1.83. The summed E-state index contributed by atoms with van der Waals surface area (Å²) in [6.45, 7) is 9.42. The summed E-state index contributed by atoms with van der Waals surface area (Å²) in [5, 5.41) is 12.1. The number of rotatable bonds is 4. The van der Waals surface area contributed by atoms with E-state index in [1.165, 1.54) is 12.8 Å². The molecule has 3 fully saturated rings. The van der Waals surface area contributed by atoms with Gasteiger partial charge in [0.05, 0.1) is 6.61 Å². The SMILES string of the molecule is C[C@@H]1CC(CNCCO)[C@@H]2C[C@H]1C2(C)C. The van der Waals surface area contributed by atoms with Crippen molar-refractivity contribution in [1.29, 1.82) is 0 Å². The molecule has 3 aliphatic carbocycles. The van der Waals surface area contributed by atoms with Crippen LogP contribution in [0.3, 0.4) is 0 Å². The van der Waals surface area contributed by atoms with Gasteiger partial charge in [0.25, 0.3) is 0 Å². The van der Waals surface area contributed by atoms with E-state index in [1.54, 1.807) is 0 Å². The van der Waals surface area contributed by atoms with Crippen LogP contribution in [-0.4, -0.2) is 24.8 Å². The first kappa shape index (κ1) is 11.4. The highest BCUT2D eigenvalue weighted by Gasteiger charge is 2.56. The molecule has 1 unspecified atom stereocenters. The Morgan fingerprint density at radius 3 is 2.53 bits per heavy atom. The zero-order valence-electron chi connectivity index (χ0n) is 10.3. The Balaban J connectivity index is 1.90. The van der Waals surface area contributed by atoms with Crippen molar-refractivity contribution in [3.05, 3.63) is 0 Å². The third-order valence-corrected chi connectivity index (χ3v) is 5.04. The first-order valence-corrected chi connectivity index (χ1v) is 6.39. The summed E-state index contributed by atoms with van der Waals surface area (Å²) in [6.07, 6.45) is 2.83. The Labute approximate surface area is 93.5 Å². The Hall–Kier alpha value is -0.0800. The van der Waals surface area contributed by atoms with Gasteiger partial charge in [-0.15, -0.1) is 0 Å². The van der Waals surface area contributed by atoms with E-state index < -0.39 is 0 Å². The van der Waals surface area contributed by atoms with Crippen LogP contribution in [0.25, 0.3) is 0 Å². The summed E-state index contributed by atoms with van der Waals surface area (Å²) in [6, 6.07) is 0. The number of fused-ring (bicyclic) bond motifs is 2. The third-order valence-electron chi connectivity index (χ3n) is 5.04. The fourth-order valence-electron chi connectivity index (χ4n) is 4.16. The van der Waals surface area contributed by atoms with Gasteiger partial charge in [-0.25, -0.2) is 0 Å². The number of hydrogen-bond acceptors (Lipinski definition) is 2. The van der Waals surface area contributed by atoms with E-state index in [1.807, 2.05) is 0 Å². The first-order valence-electron chi connectivity index (χ1n) is 6.39. The van der Waals surface area contributed by atoms with Gasteiger partial charge in [0, 0.05) is 6.54 Å². The smallest absolute Gasteiger partial charge is 0.0555 e. The fraction of sp³-hybridized carbons (Fsp3) is 1.00. The van der Waals surface area contributed by atoms with E-state index >= 15 is 0 Å². The van der Waals surface area contributed by atoms with Gasteiger partial charge in [-0.05, 0) is 48.5 Å². The largest absolute Gasteiger partial charge is 0.395 e. The molecule has 2 nitrogen and oxygen atoms in total. The lowest BCUT2D eigenvalue weighted by molar-refractivity contribution is -0.135. The molecule has 3 saturated carbocycles. The van der Waals surface area contributed by atoms with E-state index in [4.69, 9.17) is 5.11 Å². The molecule has 0 radical (unpaired) electrons. The van der Waals surface area contributed by atoms with Crippen molar-refractivity contribution >= 4 is 0 Å². The second kappa shape index (κ2) is 4.06. The Bertz CT molecular complexity index is 227. The fourth-order valence-corrected chi connectivity index (χ4v) is 4.16. The molecule has 0 heterocycles. The number of aliphatic hydroxyl groups is 1. The quantitative estimate of drug-likeness (QED) is 0.696. The van der Waals surface area contributed by atoms with Crippen LogP contribution in [0.1, 0.15) is 33.6 Å². The summed E-state index contributed by atoms with van der Waals surface area (Å²) in [5.41, 5.74) is 0.573. The molecule has 0 aromatic rings. The number of hydrogen-bond donors (Lipinski definition) is 2. The zero-order chi connectivity index (χ0) is 11.1. The van der Waals surface area contributed by atoms with Gasteiger partial charge in [0.2, 0.25) is 0 Å². The molecule has 3 aliphatic rings. The molecule has 0 spiro atoms. The average molecular weight is 211 g/mol. The van der Waals surface area contributed by atoms with Gasteiger partial charge >= 0.3 is 0 Å². The van der Waals surface area contributed by atoms with Crippen LogP contribution < -0.4 is 5.32 Å². The van der Waals surface area contributed by atoms with E-state index in [9.17, 15) is 0 Å². The summed E-state index contributed by atoms with van der Waals surface area (Å²) >= 11 is 0. The molecule has 3 rings (SSSR count). The first-order chi connectivity index (χ1) is 7.07. The highest BCUT2D eigenvalue weighted by Crippen LogP contribution is 2.63. The molecule has 2 bridgehead atoms. The topological polar surface area (TPSA) is 32.3 Å². The molecule has 0 aromatic carbocycles. The Morgan fingerprint density at radius 1 is 1.27 bits per heavy atom. The maximum Gasteiger partial charge on any atom is 0.0555 e. The average Bonchev–Trinajstić information content (AvgIpc) is 2.16. The lowest BCUT2D eigenvalue weighted by atomic mass is 9.43. The van der Waals surface area contributed by atoms with Crippen LogP contribution in [0.4, 0.5) is 0 Å². The Kier molecular flexibility index (Phi) is 3.09. The van der Waals surface area contributed by atoms with E-state index in [2.05, 4.69) is 26.1 Å². The monoisotopic (exact) mass is 211 g/mol. The molecule has 2 N–H and O–H groups in total. The molecule has 15 heavy (non-hydrogen) atoms. The minimum absolute atomic E-state index is 0.263. The maximum absolute atomic E-state index is 8.76. The van der Waals surface area contributed by atoms with Gasteiger partial charge in [-0.2, -0.15) is 0 Å². The van der Waals surface area contributed by atoms with Crippen molar-refractivity contribution in [2.75, 3.05) is 19.7 Å². The second-order valence-electron chi connectivity index (χ2n) is 6.17.